The zero-order valence-corrected chi connectivity index (χ0v) is 16.3. The van der Waals surface area contributed by atoms with Crippen LogP contribution in [0.5, 0.6) is 0 Å². The molecule has 2 heterocycles. The summed E-state index contributed by atoms with van der Waals surface area (Å²) in [4.78, 5) is 24.5. The summed E-state index contributed by atoms with van der Waals surface area (Å²) in [5, 5.41) is 2.93. The van der Waals surface area contributed by atoms with Crippen molar-refractivity contribution < 1.29 is 13.5 Å². The molecule has 0 spiro atoms. The third-order valence-electron chi connectivity index (χ3n) is 4.17. The zero-order chi connectivity index (χ0) is 19.8. The van der Waals surface area contributed by atoms with E-state index in [2.05, 4.69) is 26.9 Å². The maximum absolute atomic E-state index is 13.2. The van der Waals surface area contributed by atoms with Crippen molar-refractivity contribution in [3.63, 3.8) is 0 Å². The Morgan fingerprint density at radius 3 is 2.81 bits per heavy atom. The highest BCUT2D eigenvalue weighted by Crippen LogP contribution is 2.35. The standard InChI is InChI=1S/C16H20ClF2N5O2S/c1-3-12(23-16(17)20-2)26-10-4-6-24(7-5-10)11(8-22-25)14-13(15(18)19)21-9-27-14/h3,9-11,15H,2,4-8H2,1H3/b12-3+,23-16-. The van der Waals surface area contributed by atoms with Gasteiger partial charge in [0.15, 0.2) is 0 Å². The van der Waals surface area contributed by atoms with Gasteiger partial charge in [-0.05, 0) is 44.2 Å². The van der Waals surface area contributed by atoms with Gasteiger partial charge in [-0.2, -0.15) is 9.90 Å². The van der Waals surface area contributed by atoms with Crippen LogP contribution in [0.3, 0.4) is 0 Å². The number of piperidine rings is 1. The van der Waals surface area contributed by atoms with Crippen LogP contribution in [-0.4, -0.2) is 47.6 Å². The third kappa shape index (κ3) is 5.85. The molecule has 0 radical (unpaired) electrons. The van der Waals surface area contributed by atoms with E-state index in [1.807, 2.05) is 4.90 Å². The number of likely N-dealkylation sites (tertiary alicyclic amines) is 1. The summed E-state index contributed by atoms with van der Waals surface area (Å²) in [6.45, 7) is 6.10. The molecule has 2 rings (SSSR count). The lowest BCUT2D eigenvalue weighted by Gasteiger charge is -2.36. The van der Waals surface area contributed by atoms with Crippen LogP contribution in [-0.2, 0) is 4.74 Å². The number of nitrogens with zero attached hydrogens (tertiary/aromatic N) is 5. The van der Waals surface area contributed by atoms with Crippen molar-refractivity contribution in [3.8, 4) is 0 Å². The Bertz CT molecular complexity index is 705. The van der Waals surface area contributed by atoms with Crippen LogP contribution in [0.25, 0.3) is 0 Å². The van der Waals surface area contributed by atoms with Crippen molar-refractivity contribution in [1.82, 2.24) is 9.88 Å². The summed E-state index contributed by atoms with van der Waals surface area (Å²) >= 11 is 6.86. The highest BCUT2D eigenvalue weighted by atomic mass is 35.5. The van der Waals surface area contributed by atoms with Crippen molar-refractivity contribution >= 4 is 35.0 Å². The second-order valence-corrected chi connectivity index (χ2v) is 6.97. The minimum atomic E-state index is -2.68. The first-order valence-corrected chi connectivity index (χ1v) is 9.54. The van der Waals surface area contributed by atoms with E-state index in [1.54, 1.807) is 13.0 Å². The predicted molar refractivity (Wildman–Crippen MR) is 103 cm³/mol. The number of hydrogen-bond acceptors (Lipinski definition) is 7. The number of halogens is 3. The van der Waals surface area contributed by atoms with Gasteiger partial charge in [-0.3, -0.25) is 4.90 Å². The van der Waals surface area contributed by atoms with Crippen LogP contribution in [0.15, 0.2) is 32.6 Å². The van der Waals surface area contributed by atoms with Crippen LogP contribution in [0.2, 0.25) is 0 Å². The molecule has 1 aliphatic rings. The Morgan fingerprint density at radius 2 is 2.26 bits per heavy atom. The predicted octanol–water partition coefficient (Wildman–Crippen LogP) is 4.53. The average molecular weight is 420 g/mol. The van der Waals surface area contributed by atoms with E-state index in [1.165, 1.54) is 5.51 Å². The fraction of sp³-hybridized carbons (Fsp3) is 0.562. The van der Waals surface area contributed by atoms with E-state index >= 15 is 0 Å². The van der Waals surface area contributed by atoms with Gasteiger partial charge in [0.1, 0.15) is 18.3 Å². The number of thiazole rings is 1. The van der Waals surface area contributed by atoms with Gasteiger partial charge < -0.3 is 4.74 Å². The molecular formula is C16H20ClF2N5O2S. The number of allylic oxidation sites excluding steroid dienone is 1. The molecule has 0 N–H and O–H groups in total. The van der Waals surface area contributed by atoms with E-state index < -0.39 is 12.5 Å². The maximum atomic E-state index is 13.2. The lowest BCUT2D eigenvalue weighted by molar-refractivity contribution is 0.0349. The van der Waals surface area contributed by atoms with E-state index in [0.29, 0.717) is 36.7 Å². The maximum Gasteiger partial charge on any atom is 0.281 e. The average Bonchev–Trinajstić information content (AvgIpc) is 3.16. The lowest BCUT2D eigenvalue weighted by Crippen LogP contribution is -2.40. The number of hydrogen-bond donors (Lipinski definition) is 0. The van der Waals surface area contributed by atoms with Crippen LogP contribution in [0.1, 0.15) is 42.8 Å². The molecule has 7 nitrogen and oxygen atoms in total. The Morgan fingerprint density at radius 1 is 1.56 bits per heavy atom. The summed E-state index contributed by atoms with van der Waals surface area (Å²) in [5.41, 5.74) is 1.10. The van der Waals surface area contributed by atoms with Gasteiger partial charge in [-0.15, -0.1) is 11.3 Å². The number of amidine groups is 1. The largest absolute Gasteiger partial charge is 0.474 e. The number of aliphatic imine (C=N–C) groups is 2. The first-order chi connectivity index (χ1) is 13.0. The Hall–Kier alpha value is -1.78. The van der Waals surface area contributed by atoms with E-state index in [4.69, 9.17) is 16.3 Å². The van der Waals surface area contributed by atoms with E-state index in [9.17, 15) is 13.7 Å². The molecule has 148 valence electrons. The van der Waals surface area contributed by atoms with Crippen LogP contribution in [0.4, 0.5) is 8.78 Å². The van der Waals surface area contributed by atoms with Gasteiger partial charge in [0, 0.05) is 13.1 Å². The molecular weight excluding hydrogens is 400 g/mol. The van der Waals surface area contributed by atoms with Gasteiger partial charge in [0.25, 0.3) is 6.43 Å². The molecule has 0 amide bonds. The van der Waals surface area contributed by atoms with Crippen molar-refractivity contribution in [2.75, 3.05) is 19.6 Å². The topological polar surface area (TPSA) is 79.5 Å². The van der Waals surface area contributed by atoms with Crippen LogP contribution < -0.4 is 0 Å². The summed E-state index contributed by atoms with van der Waals surface area (Å²) < 4.78 is 32.1. The Kier molecular flexibility index (Phi) is 8.39. The third-order valence-corrected chi connectivity index (χ3v) is 5.32. The summed E-state index contributed by atoms with van der Waals surface area (Å²) in [5.74, 6) is 0.347. The fourth-order valence-corrected chi connectivity index (χ4v) is 3.88. The van der Waals surface area contributed by atoms with Crippen LogP contribution in [0, 0.1) is 4.91 Å². The molecule has 0 bridgehead atoms. The van der Waals surface area contributed by atoms with Gasteiger partial charge in [-0.1, -0.05) is 5.18 Å². The highest BCUT2D eigenvalue weighted by Gasteiger charge is 2.32. The molecule has 1 aliphatic heterocycles. The monoisotopic (exact) mass is 419 g/mol. The molecule has 1 atom stereocenters. The summed E-state index contributed by atoms with van der Waals surface area (Å²) in [6.07, 6.45) is 0.172. The normalized spacial score (nSPS) is 18.6. The van der Waals surface area contributed by atoms with Gasteiger partial charge in [-0.25, -0.2) is 18.8 Å². The van der Waals surface area contributed by atoms with E-state index in [0.717, 1.165) is 11.3 Å². The van der Waals surface area contributed by atoms with Crippen molar-refractivity contribution in [2.24, 2.45) is 15.2 Å². The quantitative estimate of drug-likeness (QED) is 0.204. The number of rotatable bonds is 8. The molecule has 1 unspecified atom stereocenters. The number of ether oxygens (including phenoxy) is 1. The van der Waals surface area contributed by atoms with E-state index in [-0.39, 0.29) is 23.6 Å². The minimum absolute atomic E-state index is 0.0117. The van der Waals surface area contributed by atoms with Crippen LogP contribution >= 0.6 is 22.9 Å². The van der Waals surface area contributed by atoms with Crippen molar-refractivity contribution in [3.05, 3.63) is 32.9 Å². The molecule has 1 aromatic heterocycles. The van der Waals surface area contributed by atoms with Crippen molar-refractivity contribution in [1.29, 1.82) is 0 Å². The first kappa shape index (κ1) is 21.5. The minimum Gasteiger partial charge on any atom is -0.474 e. The smallest absolute Gasteiger partial charge is 0.281 e. The number of aromatic nitrogens is 1. The van der Waals surface area contributed by atoms with Crippen molar-refractivity contribution in [2.45, 2.75) is 38.3 Å². The fourth-order valence-electron chi connectivity index (χ4n) is 2.87. The molecule has 1 aromatic rings. The Labute approximate surface area is 164 Å². The molecule has 0 aliphatic carbocycles. The molecule has 1 saturated heterocycles. The lowest BCUT2D eigenvalue weighted by atomic mass is 10.0. The highest BCUT2D eigenvalue weighted by molar-refractivity contribution is 7.09. The van der Waals surface area contributed by atoms with Gasteiger partial charge in [0.2, 0.25) is 11.2 Å². The summed E-state index contributed by atoms with van der Waals surface area (Å²) in [6, 6.07) is -0.501. The summed E-state index contributed by atoms with van der Waals surface area (Å²) in [7, 11) is 0. The molecule has 0 aromatic carbocycles. The Balaban J connectivity index is 2.02. The molecule has 11 heteroatoms. The number of alkyl halides is 2. The van der Waals surface area contributed by atoms with Gasteiger partial charge >= 0.3 is 0 Å². The molecule has 1 fully saturated rings. The first-order valence-electron chi connectivity index (χ1n) is 8.28. The second kappa shape index (κ2) is 10.5. The van der Waals surface area contributed by atoms with Gasteiger partial charge in [0.05, 0.1) is 16.4 Å². The molecule has 0 saturated carbocycles. The molecule has 27 heavy (non-hydrogen) atoms. The second-order valence-electron chi connectivity index (χ2n) is 5.75. The number of nitroso groups, excluding NO2 is 1. The SMILES string of the molecule is C=N/C(Cl)=N\C(=C/C)OC1CCN(C(CN=O)c2scnc2C(F)F)CC1. The zero-order valence-electron chi connectivity index (χ0n) is 14.7.